The first-order valence-corrected chi connectivity index (χ1v) is 10.8. The predicted octanol–water partition coefficient (Wildman–Crippen LogP) is 6.44. The number of hydrogen-bond donors (Lipinski definition) is 2. The van der Waals surface area contributed by atoms with Gasteiger partial charge < -0.3 is 20.1 Å². The van der Waals surface area contributed by atoms with Gasteiger partial charge in [-0.1, -0.05) is 54.6 Å². The molecule has 2 unspecified atom stereocenters. The van der Waals surface area contributed by atoms with Crippen molar-refractivity contribution in [2.75, 3.05) is 10.2 Å². The van der Waals surface area contributed by atoms with Crippen molar-refractivity contribution in [1.82, 2.24) is 0 Å². The minimum Gasteiger partial charge on any atom is -0.406 e. The molecule has 3 aromatic rings. The normalized spacial score (nSPS) is 19.0. The lowest BCUT2D eigenvalue weighted by Crippen LogP contribution is -2.49. The molecule has 3 atom stereocenters. The maximum absolute atomic E-state index is 13.4. The van der Waals surface area contributed by atoms with Crippen molar-refractivity contribution >= 4 is 11.4 Å². The van der Waals surface area contributed by atoms with Gasteiger partial charge in [0.25, 0.3) is 0 Å². The van der Waals surface area contributed by atoms with Crippen molar-refractivity contribution < 1.29 is 36.2 Å². The molecule has 186 valence electrons. The fourth-order valence-corrected chi connectivity index (χ4v) is 4.30. The number of aliphatic hydroxyl groups is 1. The number of alkyl halides is 6. The molecule has 35 heavy (non-hydrogen) atoms. The van der Waals surface area contributed by atoms with Gasteiger partial charge in [0, 0.05) is 13.0 Å². The number of hydrogen-bond acceptors (Lipinski definition) is 4. The van der Waals surface area contributed by atoms with Gasteiger partial charge in [0.1, 0.15) is 5.75 Å². The maximum atomic E-state index is 13.4. The highest BCUT2D eigenvalue weighted by Gasteiger charge is 2.44. The molecule has 1 heterocycles. The van der Waals surface area contributed by atoms with E-state index in [-0.39, 0.29) is 6.54 Å². The third kappa shape index (κ3) is 6.00. The van der Waals surface area contributed by atoms with Crippen LogP contribution in [0.1, 0.15) is 23.6 Å². The van der Waals surface area contributed by atoms with Crippen LogP contribution in [-0.4, -0.2) is 29.8 Å². The van der Waals surface area contributed by atoms with E-state index in [1.165, 1.54) is 12.1 Å². The van der Waals surface area contributed by atoms with Gasteiger partial charge in [-0.2, -0.15) is 13.2 Å². The first-order valence-electron chi connectivity index (χ1n) is 10.8. The molecule has 4 nitrogen and oxygen atoms in total. The lowest BCUT2D eigenvalue weighted by molar-refractivity contribution is -0.274. The van der Waals surface area contributed by atoms with Crippen LogP contribution in [0.3, 0.4) is 0 Å². The Balaban J connectivity index is 1.76. The van der Waals surface area contributed by atoms with Gasteiger partial charge in [0.15, 0.2) is 6.10 Å². The summed E-state index contributed by atoms with van der Waals surface area (Å²) in [5.41, 5.74) is 2.34. The van der Waals surface area contributed by atoms with Crippen LogP contribution in [0.5, 0.6) is 5.75 Å². The molecule has 10 heteroatoms. The average Bonchev–Trinajstić information content (AvgIpc) is 2.79. The molecule has 0 saturated heterocycles. The molecule has 0 aromatic heterocycles. The van der Waals surface area contributed by atoms with Gasteiger partial charge in [-0.05, 0) is 35.4 Å². The molecule has 1 aliphatic heterocycles. The zero-order valence-corrected chi connectivity index (χ0v) is 18.2. The summed E-state index contributed by atoms with van der Waals surface area (Å²) < 4.78 is 82.3. The zero-order chi connectivity index (χ0) is 25.2. The van der Waals surface area contributed by atoms with Gasteiger partial charge in [-0.25, -0.2) is 0 Å². The van der Waals surface area contributed by atoms with E-state index in [0.717, 1.165) is 6.07 Å². The molecule has 0 radical (unpaired) electrons. The second kappa shape index (κ2) is 9.69. The third-order valence-corrected chi connectivity index (χ3v) is 5.80. The zero-order valence-electron chi connectivity index (χ0n) is 18.2. The molecule has 0 bridgehead atoms. The summed E-state index contributed by atoms with van der Waals surface area (Å²) in [7, 11) is 0. The van der Waals surface area contributed by atoms with Crippen LogP contribution in [0.4, 0.5) is 37.7 Å². The highest BCUT2D eigenvalue weighted by Crippen LogP contribution is 2.43. The van der Waals surface area contributed by atoms with Crippen LogP contribution < -0.4 is 15.0 Å². The molecule has 4 rings (SSSR count). The van der Waals surface area contributed by atoms with Gasteiger partial charge in [0.05, 0.1) is 23.5 Å². The molecule has 0 spiro atoms. The fourth-order valence-electron chi connectivity index (χ4n) is 4.30. The molecule has 0 aliphatic carbocycles. The monoisotopic (exact) mass is 496 g/mol. The fraction of sp³-hybridized carbons (Fsp3) is 0.280. The smallest absolute Gasteiger partial charge is 0.406 e. The largest absolute Gasteiger partial charge is 0.573 e. The summed E-state index contributed by atoms with van der Waals surface area (Å²) in [6.07, 6.45) is -12.9. The lowest BCUT2D eigenvalue weighted by Gasteiger charge is -2.45. The summed E-state index contributed by atoms with van der Waals surface area (Å²) in [6.45, 7) is -0.00761. The Morgan fingerprint density at radius 3 is 2.26 bits per heavy atom. The summed E-state index contributed by atoms with van der Waals surface area (Å²) in [5.74, 6) is -0.426. The van der Waals surface area contributed by atoms with E-state index in [9.17, 15) is 31.4 Å². The standard InChI is InChI=1S/C25H22F6N2O2/c26-24(27,28)22(34)14-21-23(17-8-2-1-3-9-17)32-19-11-4-5-12-20(19)33(21)15-16-7-6-10-18(13-16)35-25(29,30)31/h1-13,21-23,32,34H,14-15H2/t21?,22-,23?/m1/s1. The molecule has 2 N–H and O–H groups in total. The lowest BCUT2D eigenvalue weighted by atomic mass is 9.89. The van der Waals surface area contributed by atoms with Crippen molar-refractivity contribution in [2.24, 2.45) is 0 Å². The third-order valence-electron chi connectivity index (χ3n) is 5.80. The number of nitrogens with zero attached hydrogens (tertiary/aromatic N) is 1. The van der Waals surface area contributed by atoms with E-state index < -0.39 is 42.9 Å². The molecule has 0 fully saturated rings. The van der Waals surface area contributed by atoms with Crippen LogP contribution >= 0.6 is 0 Å². The molecule has 3 aromatic carbocycles. The Kier molecular flexibility index (Phi) is 6.84. The molecule has 0 amide bonds. The van der Waals surface area contributed by atoms with E-state index in [1.807, 2.05) is 0 Å². The summed E-state index contributed by atoms with van der Waals surface area (Å²) >= 11 is 0. The quantitative estimate of drug-likeness (QED) is 0.386. The van der Waals surface area contributed by atoms with Gasteiger partial charge >= 0.3 is 12.5 Å². The first-order chi connectivity index (χ1) is 16.5. The number of anilines is 2. The van der Waals surface area contributed by atoms with Crippen molar-refractivity contribution in [3.05, 3.63) is 90.0 Å². The molecular weight excluding hydrogens is 474 g/mol. The number of para-hydroxylation sites is 2. The topological polar surface area (TPSA) is 44.7 Å². The minimum absolute atomic E-state index is 0.00761. The number of halogens is 6. The summed E-state index contributed by atoms with van der Waals surface area (Å²) in [4.78, 5) is 1.69. The highest BCUT2D eigenvalue weighted by atomic mass is 19.4. The minimum atomic E-state index is -4.88. The second-order valence-corrected chi connectivity index (χ2v) is 8.23. The second-order valence-electron chi connectivity index (χ2n) is 8.23. The maximum Gasteiger partial charge on any atom is 0.573 e. The Morgan fingerprint density at radius 1 is 0.886 bits per heavy atom. The van der Waals surface area contributed by atoms with Crippen molar-refractivity contribution in [1.29, 1.82) is 0 Å². The number of nitrogens with one attached hydrogen (secondary N) is 1. The Hall–Kier alpha value is -3.40. The summed E-state index contributed by atoms with van der Waals surface area (Å²) in [6, 6.07) is 19.6. The van der Waals surface area contributed by atoms with Gasteiger partial charge in [-0.15, -0.1) is 13.2 Å². The van der Waals surface area contributed by atoms with E-state index in [4.69, 9.17) is 0 Å². The summed E-state index contributed by atoms with van der Waals surface area (Å²) in [5, 5.41) is 13.3. The number of fused-ring (bicyclic) bond motifs is 1. The molecular formula is C25H22F6N2O2. The van der Waals surface area contributed by atoms with E-state index in [0.29, 0.717) is 22.5 Å². The number of aliphatic hydroxyl groups excluding tert-OH is 1. The number of benzene rings is 3. The number of rotatable bonds is 6. The van der Waals surface area contributed by atoms with E-state index >= 15 is 0 Å². The predicted molar refractivity (Wildman–Crippen MR) is 119 cm³/mol. The van der Waals surface area contributed by atoms with Crippen molar-refractivity contribution in [2.45, 2.75) is 43.7 Å². The van der Waals surface area contributed by atoms with Crippen LogP contribution in [-0.2, 0) is 6.54 Å². The van der Waals surface area contributed by atoms with E-state index in [1.54, 1.807) is 65.6 Å². The first kappa shape index (κ1) is 24.7. The molecule has 0 saturated carbocycles. The Bertz CT molecular complexity index is 1140. The Morgan fingerprint density at radius 2 is 1.57 bits per heavy atom. The van der Waals surface area contributed by atoms with Crippen molar-refractivity contribution in [3.63, 3.8) is 0 Å². The van der Waals surface area contributed by atoms with Gasteiger partial charge in [0.2, 0.25) is 0 Å². The SMILES string of the molecule is O[C@H](CC1C(c2ccccc2)Nc2ccccc2N1Cc1cccc(OC(F)(F)F)c1)C(F)(F)F. The highest BCUT2D eigenvalue weighted by molar-refractivity contribution is 5.74. The average molecular weight is 496 g/mol. The Labute approximate surface area is 197 Å². The number of ether oxygens (including phenoxy) is 1. The van der Waals surface area contributed by atoms with Crippen LogP contribution in [0.15, 0.2) is 78.9 Å². The van der Waals surface area contributed by atoms with Crippen LogP contribution in [0, 0.1) is 0 Å². The van der Waals surface area contributed by atoms with Crippen LogP contribution in [0.2, 0.25) is 0 Å². The van der Waals surface area contributed by atoms with Gasteiger partial charge in [-0.3, -0.25) is 0 Å². The van der Waals surface area contributed by atoms with E-state index in [2.05, 4.69) is 10.1 Å². The van der Waals surface area contributed by atoms with Crippen LogP contribution in [0.25, 0.3) is 0 Å². The van der Waals surface area contributed by atoms with Crippen molar-refractivity contribution in [3.8, 4) is 5.75 Å². The molecule has 1 aliphatic rings.